The largest absolute Gasteiger partial charge is 0.543 e. The van der Waals surface area contributed by atoms with E-state index in [4.69, 9.17) is 14.5 Å². The van der Waals surface area contributed by atoms with Gasteiger partial charge in [-0.05, 0) is 55.0 Å². The summed E-state index contributed by atoms with van der Waals surface area (Å²) in [6.45, 7) is 1.46. The number of rotatable bonds is 6. The summed E-state index contributed by atoms with van der Waals surface area (Å²) in [5.74, 6) is -2.03. The highest BCUT2D eigenvalue weighted by molar-refractivity contribution is 7.46. The number of aromatic nitrogens is 1. The number of ether oxygens (including phenoxy) is 1. The van der Waals surface area contributed by atoms with Gasteiger partial charge < -0.3 is 14.7 Å². The smallest absolute Gasteiger partial charge is 0.456 e. The predicted octanol–water partition coefficient (Wildman–Crippen LogP) is 3.88. The van der Waals surface area contributed by atoms with Crippen LogP contribution in [0.3, 0.4) is 0 Å². The molecule has 1 amide bonds. The highest BCUT2D eigenvalue weighted by atomic mass is 31.2. The Labute approximate surface area is 188 Å². The van der Waals surface area contributed by atoms with Crippen LogP contribution in [0.5, 0.6) is 11.5 Å². The quantitative estimate of drug-likeness (QED) is 0.345. The molecule has 0 saturated carbocycles. The van der Waals surface area contributed by atoms with Crippen molar-refractivity contribution in [2.45, 2.75) is 13.1 Å². The Morgan fingerprint density at radius 1 is 1.06 bits per heavy atom. The molecule has 3 aromatic rings. The van der Waals surface area contributed by atoms with Gasteiger partial charge in [0.25, 0.3) is 11.5 Å². The van der Waals surface area contributed by atoms with E-state index < -0.39 is 42.6 Å². The Bertz CT molecular complexity index is 1350. The molecule has 180 valence electrons. The van der Waals surface area contributed by atoms with Crippen LogP contribution in [-0.2, 0) is 10.7 Å². The van der Waals surface area contributed by atoms with E-state index in [0.29, 0.717) is 12.1 Å². The molecule has 3 rings (SSSR count). The summed E-state index contributed by atoms with van der Waals surface area (Å²) in [6, 6.07) is 7.26. The maximum atomic E-state index is 13.4. The van der Waals surface area contributed by atoms with Crippen molar-refractivity contribution in [2.75, 3.05) is 5.32 Å². The number of hydrogen-bond acceptors (Lipinski definition) is 5. The Morgan fingerprint density at radius 2 is 1.76 bits per heavy atom. The summed E-state index contributed by atoms with van der Waals surface area (Å²) in [5.41, 5.74) is -2.38. The number of hydrogen-bond donors (Lipinski definition) is 3. The lowest BCUT2D eigenvalue weighted by molar-refractivity contribution is -0.137. The molecule has 0 saturated heterocycles. The minimum absolute atomic E-state index is 0.00644. The van der Waals surface area contributed by atoms with Crippen LogP contribution in [0.4, 0.5) is 23.2 Å². The van der Waals surface area contributed by atoms with E-state index in [1.54, 1.807) is 0 Å². The number of phosphoric acid groups is 1. The first kappa shape index (κ1) is 25.0. The van der Waals surface area contributed by atoms with E-state index in [1.165, 1.54) is 13.0 Å². The molecule has 0 aliphatic rings. The Morgan fingerprint density at radius 3 is 2.35 bits per heavy atom. The second kappa shape index (κ2) is 9.29. The van der Waals surface area contributed by atoms with E-state index in [1.807, 2.05) is 0 Å². The van der Waals surface area contributed by atoms with Crippen molar-refractivity contribution in [3.8, 4) is 11.5 Å². The van der Waals surface area contributed by atoms with Gasteiger partial charge in [0, 0.05) is 11.8 Å². The van der Waals surface area contributed by atoms with Gasteiger partial charge in [-0.15, -0.1) is 4.73 Å². The molecular weight excluding hydrogens is 487 g/mol. The fourth-order valence-electron chi connectivity index (χ4n) is 2.74. The number of benzene rings is 2. The Hall–Kier alpha value is -3.67. The van der Waals surface area contributed by atoms with Crippen molar-refractivity contribution in [1.82, 2.24) is 4.73 Å². The van der Waals surface area contributed by atoms with E-state index in [9.17, 15) is 31.7 Å². The maximum Gasteiger partial charge on any atom is 0.543 e. The number of amides is 1. The molecule has 0 aliphatic carbocycles. The standard InChI is InChI=1S/C20H15F4N2O7P/c1-11-8-13(21)3-5-16(11)32-17-9-12(20(22,23)24)2-4-15(17)19(28)25-14-6-7-26(18(27)10-14)33-34(29,30)31/h2-10H,1H3,(H,25,28)(H2,29,30,31). The maximum absolute atomic E-state index is 13.4. The van der Waals surface area contributed by atoms with Gasteiger partial charge in [-0.3, -0.25) is 19.4 Å². The van der Waals surface area contributed by atoms with Crippen LogP contribution in [-0.4, -0.2) is 20.4 Å². The number of nitrogens with one attached hydrogen (secondary N) is 1. The summed E-state index contributed by atoms with van der Waals surface area (Å²) in [7, 11) is -5.03. The van der Waals surface area contributed by atoms with Crippen LogP contribution < -0.4 is 20.2 Å². The molecule has 0 aliphatic heterocycles. The SMILES string of the molecule is Cc1cc(F)ccc1Oc1cc(C(F)(F)F)ccc1C(=O)Nc1ccn(OP(=O)(O)O)c(=O)c1. The third-order valence-corrected chi connectivity index (χ3v) is 4.64. The molecule has 0 radical (unpaired) electrons. The highest BCUT2D eigenvalue weighted by Gasteiger charge is 2.32. The van der Waals surface area contributed by atoms with E-state index in [2.05, 4.69) is 9.94 Å². The van der Waals surface area contributed by atoms with Crippen LogP contribution in [0.1, 0.15) is 21.5 Å². The molecule has 1 aromatic heterocycles. The van der Waals surface area contributed by atoms with Gasteiger partial charge in [0.15, 0.2) is 0 Å². The minimum Gasteiger partial charge on any atom is -0.456 e. The third-order valence-electron chi connectivity index (χ3n) is 4.25. The van der Waals surface area contributed by atoms with Crippen LogP contribution in [0.2, 0.25) is 0 Å². The first-order chi connectivity index (χ1) is 15.7. The van der Waals surface area contributed by atoms with Crippen molar-refractivity contribution in [1.29, 1.82) is 0 Å². The van der Waals surface area contributed by atoms with Crippen molar-refractivity contribution in [3.05, 3.63) is 87.6 Å². The molecule has 0 atom stereocenters. The number of pyridine rings is 1. The molecule has 0 bridgehead atoms. The highest BCUT2D eigenvalue weighted by Crippen LogP contribution is 2.36. The van der Waals surface area contributed by atoms with Gasteiger partial charge in [0.2, 0.25) is 0 Å². The Kier molecular flexibility index (Phi) is 6.82. The van der Waals surface area contributed by atoms with Crippen molar-refractivity contribution < 1.29 is 46.1 Å². The molecule has 0 fully saturated rings. The number of nitrogens with zero attached hydrogens (tertiary/aromatic N) is 1. The average molecular weight is 502 g/mol. The molecule has 0 spiro atoms. The van der Waals surface area contributed by atoms with Crippen LogP contribution in [0, 0.1) is 12.7 Å². The average Bonchev–Trinajstić information content (AvgIpc) is 2.70. The number of carbonyl (C=O) groups excluding carboxylic acids is 1. The first-order valence-electron chi connectivity index (χ1n) is 9.18. The summed E-state index contributed by atoms with van der Waals surface area (Å²) < 4.78 is 73.7. The number of aryl methyl sites for hydroxylation is 1. The zero-order chi connectivity index (χ0) is 25.3. The van der Waals surface area contributed by atoms with E-state index in [0.717, 1.165) is 36.5 Å². The van der Waals surface area contributed by atoms with Crippen molar-refractivity contribution in [3.63, 3.8) is 0 Å². The molecule has 1 heterocycles. The zero-order valence-electron chi connectivity index (χ0n) is 17.0. The second-order valence-corrected chi connectivity index (χ2v) is 7.97. The number of anilines is 1. The normalized spacial score (nSPS) is 11.7. The summed E-state index contributed by atoms with van der Waals surface area (Å²) >= 11 is 0. The lowest BCUT2D eigenvalue weighted by Gasteiger charge is -2.16. The van der Waals surface area contributed by atoms with Gasteiger partial charge in [-0.1, -0.05) is 0 Å². The Balaban J connectivity index is 1.95. The van der Waals surface area contributed by atoms with Crippen LogP contribution in [0.15, 0.2) is 59.5 Å². The fraction of sp³-hybridized carbons (Fsp3) is 0.100. The number of halogens is 4. The topological polar surface area (TPSA) is 127 Å². The summed E-state index contributed by atoms with van der Waals surface area (Å²) in [5, 5.41) is 2.27. The van der Waals surface area contributed by atoms with Gasteiger partial charge in [0.05, 0.1) is 17.3 Å². The summed E-state index contributed by atoms with van der Waals surface area (Å²) in [4.78, 5) is 42.2. The summed E-state index contributed by atoms with van der Waals surface area (Å²) in [6.07, 6.45) is -3.92. The molecule has 2 aromatic carbocycles. The first-order valence-corrected chi connectivity index (χ1v) is 10.7. The molecule has 14 heteroatoms. The monoisotopic (exact) mass is 502 g/mol. The van der Waals surface area contributed by atoms with Crippen LogP contribution >= 0.6 is 7.82 Å². The lowest BCUT2D eigenvalue weighted by atomic mass is 10.1. The molecule has 9 nitrogen and oxygen atoms in total. The van der Waals surface area contributed by atoms with Crippen molar-refractivity contribution in [2.24, 2.45) is 0 Å². The second-order valence-electron chi connectivity index (χ2n) is 6.83. The van der Waals surface area contributed by atoms with E-state index in [-0.39, 0.29) is 27.3 Å². The van der Waals surface area contributed by atoms with Gasteiger partial charge in [-0.25, -0.2) is 8.96 Å². The third kappa shape index (κ3) is 6.22. The van der Waals surface area contributed by atoms with Gasteiger partial charge in [0.1, 0.15) is 17.3 Å². The zero-order valence-corrected chi connectivity index (χ0v) is 17.9. The van der Waals surface area contributed by atoms with Gasteiger partial charge in [-0.2, -0.15) is 13.2 Å². The number of alkyl halides is 3. The predicted molar refractivity (Wildman–Crippen MR) is 110 cm³/mol. The molecule has 3 N–H and O–H groups in total. The lowest BCUT2D eigenvalue weighted by Crippen LogP contribution is -2.25. The van der Waals surface area contributed by atoms with Gasteiger partial charge >= 0.3 is 14.0 Å². The molecular formula is C20H15F4N2O7P. The molecule has 34 heavy (non-hydrogen) atoms. The minimum atomic E-state index is -5.03. The van der Waals surface area contributed by atoms with Crippen molar-refractivity contribution >= 4 is 19.4 Å². The van der Waals surface area contributed by atoms with Crippen LogP contribution in [0.25, 0.3) is 0 Å². The molecule has 0 unspecified atom stereocenters. The van der Waals surface area contributed by atoms with E-state index >= 15 is 0 Å². The fourth-order valence-corrected chi connectivity index (χ4v) is 3.11. The number of carbonyl (C=O) groups is 1.